The maximum absolute atomic E-state index is 10.3. The predicted molar refractivity (Wildman–Crippen MR) is 44.6 cm³/mol. The Morgan fingerprint density at radius 1 is 1.42 bits per heavy atom. The van der Waals surface area contributed by atoms with Crippen molar-refractivity contribution in [3.05, 3.63) is 40.4 Å². The molecule has 1 heterocycles. The summed E-state index contributed by atoms with van der Waals surface area (Å²) >= 11 is 0. The second-order valence-corrected chi connectivity index (χ2v) is 2.75. The quantitative estimate of drug-likeness (QED) is 0.373. The van der Waals surface area contributed by atoms with Gasteiger partial charge in [-0.25, -0.2) is 0 Å². The van der Waals surface area contributed by atoms with E-state index < -0.39 is 6.17 Å². The third-order valence-corrected chi connectivity index (χ3v) is 1.92. The van der Waals surface area contributed by atoms with Crippen LogP contribution in [0.3, 0.4) is 0 Å². The third-order valence-electron chi connectivity index (χ3n) is 1.92. The largest absolute Gasteiger partial charge is 0.305 e. The molecule has 0 spiro atoms. The van der Waals surface area contributed by atoms with E-state index in [1.807, 2.05) is 30.3 Å². The number of rotatable bonds is 2. The highest BCUT2D eigenvalue weighted by atomic mass is 16.6. The molecule has 0 aliphatic carbocycles. The highest BCUT2D eigenvalue weighted by Crippen LogP contribution is 2.26. The van der Waals surface area contributed by atoms with Gasteiger partial charge in [0.1, 0.15) is 6.54 Å². The van der Waals surface area contributed by atoms with Crippen molar-refractivity contribution in [1.82, 2.24) is 0 Å². The zero-order valence-electron chi connectivity index (χ0n) is 6.38. The molecule has 0 saturated carbocycles. The molecular weight excluding hydrogens is 156 g/mol. The van der Waals surface area contributed by atoms with E-state index in [1.165, 1.54) is 0 Å². The smallest absolute Gasteiger partial charge is 0.299 e. The van der Waals surface area contributed by atoms with Crippen molar-refractivity contribution in [2.75, 3.05) is 11.4 Å². The number of hydrogen-bond donors (Lipinski definition) is 0. The van der Waals surface area contributed by atoms with E-state index >= 15 is 0 Å². The van der Waals surface area contributed by atoms with Crippen molar-refractivity contribution in [3.63, 3.8) is 0 Å². The fraction of sp³-hybridized carbons (Fsp3) is 0.250. The first-order chi connectivity index (χ1) is 5.79. The number of nitro groups is 1. The van der Waals surface area contributed by atoms with Gasteiger partial charge in [-0.2, -0.15) is 0 Å². The van der Waals surface area contributed by atoms with Crippen LogP contribution in [0.1, 0.15) is 0 Å². The molecular formula is C8H8N2O2. The Morgan fingerprint density at radius 3 is 2.58 bits per heavy atom. The van der Waals surface area contributed by atoms with Crippen LogP contribution in [0.5, 0.6) is 0 Å². The van der Waals surface area contributed by atoms with Crippen LogP contribution in [0.25, 0.3) is 0 Å². The van der Waals surface area contributed by atoms with Crippen LogP contribution in [0.15, 0.2) is 30.3 Å². The molecule has 62 valence electrons. The fourth-order valence-electron chi connectivity index (χ4n) is 1.21. The average Bonchev–Trinajstić information content (AvgIpc) is 2.84. The van der Waals surface area contributed by atoms with E-state index in [9.17, 15) is 10.1 Å². The van der Waals surface area contributed by atoms with Gasteiger partial charge in [-0.05, 0) is 12.1 Å². The lowest BCUT2D eigenvalue weighted by Gasteiger charge is -1.99. The Bertz CT molecular complexity index is 299. The van der Waals surface area contributed by atoms with E-state index in [2.05, 4.69) is 0 Å². The van der Waals surface area contributed by atoms with Gasteiger partial charge in [0.2, 0.25) is 0 Å². The minimum Gasteiger partial charge on any atom is -0.299 e. The molecule has 0 N–H and O–H groups in total. The van der Waals surface area contributed by atoms with Gasteiger partial charge in [-0.15, -0.1) is 0 Å². The molecule has 1 atom stereocenters. The molecule has 0 radical (unpaired) electrons. The Labute approximate surface area is 69.6 Å². The number of para-hydroxylation sites is 1. The van der Waals surface area contributed by atoms with Crippen LogP contribution in [-0.4, -0.2) is 17.6 Å². The van der Waals surface area contributed by atoms with Gasteiger partial charge >= 0.3 is 6.17 Å². The highest BCUT2D eigenvalue weighted by molar-refractivity contribution is 5.52. The minimum absolute atomic E-state index is 0.257. The summed E-state index contributed by atoms with van der Waals surface area (Å²) in [5.74, 6) is 0. The summed E-state index contributed by atoms with van der Waals surface area (Å²) in [7, 11) is 0. The standard InChI is InChI=1S/C8H8N2O2/c11-10(12)8-6-9(8)7-4-2-1-3-5-7/h1-5,8H,6H2. The summed E-state index contributed by atoms with van der Waals surface area (Å²) in [6, 6.07) is 9.41. The van der Waals surface area contributed by atoms with Crippen molar-refractivity contribution < 1.29 is 4.92 Å². The molecule has 0 aromatic heterocycles. The van der Waals surface area contributed by atoms with Crippen LogP contribution in [0.2, 0.25) is 0 Å². The van der Waals surface area contributed by atoms with Crippen molar-refractivity contribution in [2.24, 2.45) is 0 Å². The third kappa shape index (κ3) is 1.11. The average molecular weight is 164 g/mol. The maximum Gasteiger partial charge on any atom is 0.305 e. The number of hydrogen-bond acceptors (Lipinski definition) is 3. The molecule has 2 rings (SSSR count). The van der Waals surface area contributed by atoms with E-state index in [0.717, 1.165) is 5.69 Å². The van der Waals surface area contributed by atoms with E-state index in [4.69, 9.17) is 0 Å². The van der Waals surface area contributed by atoms with Crippen molar-refractivity contribution >= 4 is 5.69 Å². The van der Waals surface area contributed by atoms with Crippen LogP contribution < -0.4 is 4.90 Å². The molecule has 1 aromatic rings. The van der Waals surface area contributed by atoms with Gasteiger partial charge in [0, 0.05) is 10.6 Å². The first-order valence-electron chi connectivity index (χ1n) is 3.74. The lowest BCUT2D eigenvalue weighted by molar-refractivity contribution is -0.492. The Balaban J connectivity index is 2.11. The minimum atomic E-state index is -0.493. The summed E-state index contributed by atoms with van der Waals surface area (Å²) < 4.78 is 0. The Kier molecular flexibility index (Phi) is 1.46. The SMILES string of the molecule is O=[N+]([O-])C1CN1c1ccccc1. The maximum atomic E-state index is 10.3. The molecule has 1 saturated heterocycles. The predicted octanol–water partition coefficient (Wildman–Crippen LogP) is 1.11. The summed E-state index contributed by atoms with van der Waals surface area (Å²) in [6.07, 6.45) is -0.493. The summed E-state index contributed by atoms with van der Waals surface area (Å²) in [6.45, 7) is 0.539. The molecule has 12 heavy (non-hydrogen) atoms. The lowest BCUT2D eigenvalue weighted by Crippen LogP contribution is -2.09. The van der Waals surface area contributed by atoms with Crippen molar-refractivity contribution in [3.8, 4) is 0 Å². The molecule has 1 unspecified atom stereocenters. The second-order valence-electron chi connectivity index (χ2n) is 2.75. The molecule has 1 aromatic carbocycles. The summed E-state index contributed by atoms with van der Waals surface area (Å²) in [5, 5.41) is 10.3. The molecule has 0 bridgehead atoms. The van der Waals surface area contributed by atoms with Gasteiger partial charge in [0.05, 0.1) is 0 Å². The zero-order chi connectivity index (χ0) is 8.55. The van der Waals surface area contributed by atoms with E-state index in [0.29, 0.717) is 6.54 Å². The van der Waals surface area contributed by atoms with Gasteiger partial charge < -0.3 is 0 Å². The van der Waals surface area contributed by atoms with Crippen LogP contribution in [-0.2, 0) is 0 Å². The van der Waals surface area contributed by atoms with E-state index in [1.54, 1.807) is 4.90 Å². The second kappa shape index (κ2) is 2.48. The lowest BCUT2D eigenvalue weighted by atomic mass is 10.3. The monoisotopic (exact) mass is 164 g/mol. The first kappa shape index (κ1) is 7.09. The van der Waals surface area contributed by atoms with Gasteiger partial charge in [-0.3, -0.25) is 15.0 Å². The van der Waals surface area contributed by atoms with Gasteiger partial charge in [0.15, 0.2) is 0 Å². The molecule has 1 fully saturated rings. The molecule has 0 amide bonds. The first-order valence-corrected chi connectivity index (χ1v) is 3.74. The van der Waals surface area contributed by atoms with Crippen LogP contribution >= 0.6 is 0 Å². The molecule has 4 heteroatoms. The Hall–Kier alpha value is -1.58. The molecule has 1 aliphatic rings. The van der Waals surface area contributed by atoms with E-state index in [-0.39, 0.29) is 4.92 Å². The van der Waals surface area contributed by atoms with Gasteiger partial charge in [-0.1, -0.05) is 18.2 Å². The summed E-state index contributed by atoms with van der Waals surface area (Å²) in [5.41, 5.74) is 0.930. The van der Waals surface area contributed by atoms with Crippen molar-refractivity contribution in [1.29, 1.82) is 0 Å². The number of anilines is 1. The highest BCUT2D eigenvalue weighted by Gasteiger charge is 2.45. The topological polar surface area (TPSA) is 46.1 Å². The molecule has 4 nitrogen and oxygen atoms in total. The Morgan fingerprint density at radius 2 is 2.08 bits per heavy atom. The summed E-state index contributed by atoms with van der Waals surface area (Å²) in [4.78, 5) is 11.8. The van der Waals surface area contributed by atoms with Crippen molar-refractivity contribution in [2.45, 2.75) is 6.17 Å². The normalized spacial score (nSPS) is 20.7. The zero-order valence-corrected chi connectivity index (χ0v) is 6.38. The number of benzene rings is 1. The van der Waals surface area contributed by atoms with Gasteiger partial charge in [0.25, 0.3) is 0 Å². The molecule has 1 aliphatic heterocycles. The fourth-order valence-corrected chi connectivity index (χ4v) is 1.21. The van der Waals surface area contributed by atoms with Crippen LogP contribution in [0.4, 0.5) is 5.69 Å². The number of nitrogens with zero attached hydrogens (tertiary/aromatic N) is 2. The van der Waals surface area contributed by atoms with Crippen LogP contribution in [0, 0.1) is 10.1 Å².